The van der Waals surface area contributed by atoms with Crippen molar-refractivity contribution in [1.82, 2.24) is 10.2 Å². The fourth-order valence-corrected chi connectivity index (χ4v) is 3.15. The van der Waals surface area contributed by atoms with Gasteiger partial charge in [0, 0.05) is 43.0 Å². The summed E-state index contributed by atoms with van der Waals surface area (Å²) in [6, 6.07) is 5.32. The number of hydrogen-bond donors (Lipinski definition) is 1. The van der Waals surface area contributed by atoms with Crippen molar-refractivity contribution in [1.29, 1.82) is 0 Å². The summed E-state index contributed by atoms with van der Waals surface area (Å²) in [4.78, 5) is 3.41. The van der Waals surface area contributed by atoms with E-state index in [-0.39, 0.29) is 5.82 Å². The zero-order valence-corrected chi connectivity index (χ0v) is 14.1. The summed E-state index contributed by atoms with van der Waals surface area (Å²) in [6.07, 6.45) is 0. The van der Waals surface area contributed by atoms with Crippen LogP contribution in [0.2, 0.25) is 0 Å². The maximum Gasteiger partial charge on any atom is 0.128 e. The Kier molecular flexibility index (Phi) is 9.67. The molecule has 120 valence electrons. The van der Waals surface area contributed by atoms with Gasteiger partial charge in [-0.05, 0) is 25.2 Å². The first-order valence-electron chi connectivity index (χ1n) is 7.55. The standard InChI is InChI=1S/C16H27FN2OS/c1-4-19(5-2)10-12-21-16-8-6-7-15(17)14(16)13-18-9-11-20-3/h6-8,18H,4-5,9-13H2,1-3H3. The van der Waals surface area contributed by atoms with Crippen LogP contribution in [0.25, 0.3) is 0 Å². The van der Waals surface area contributed by atoms with Crippen molar-refractivity contribution in [3.8, 4) is 0 Å². The van der Waals surface area contributed by atoms with E-state index in [1.54, 1.807) is 24.9 Å². The summed E-state index contributed by atoms with van der Waals surface area (Å²) in [5, 5.41) is 3.22. The Hall–Kier alpha value is -0.620. The molecule has 0 spiro atoms. The smallest absolute Gasteiger partial charge is 0.128 e. The molecular weight excluding hydrogens is 287 g/mol. The van der Waals surface area contributed by atoms with E-state index in [1.165, 1.54) is 6.07 Å². The van der Waals surface area contributed by atoms with Crippen LogP contribution in [0.15, 0.2) is 23.1 Å². The summed E-state index contributed by atoms with van der Waals surface area (Å²) in [6.45, 7) is 9.40. The summed E-state index contributed by atoms with van der Waals surface area (Å²) in [7, 11) is 1.67. The van der Waals surface area contributed by atoms with Crippen molar-refractivity contribution in [2.24, 2.45) is 0 Å². The SMILES string of the molecule is CCN(CC)CCSc1cccc(F)c1CNCCOC. The predicted molar refractivity (Wildman–Crippen MR) is 88.5 cm³/mol. The highest BCUT2D eigenvalue weighted by Crippen LogP contribution is 2.25. The molecule has 0 saturated carbocycles. The van der Waals surface area contributed by atoms with Crippen LogP contribution in [-0.2, 0) is 11.3 Å². The van der Waals surface area contributed by atoms with Gasteiger partial charge in [-0.1, -0.05) is 19.9 Å². The van der Waals surface area contributed by atoms with E-state index in [0.29, 0.717) is 13.2 Å². The van der Waals surface area contributed by atoms with E-state index in [4.69, 9.17) is 4.74 Å². The van der Waals surface area contributed by atoms with Gasteiger partial charge in [0.25, 0.3) is 0 Å². The molecule has 0 radical (unpaired) electrons. The zero-order valence-electron chi connectivity index (χ0n) is 13.3. The number of benzene rings is 1. The first kappa shape index (κ1) is 18.4. The predicted octanol–water partition coefficient (Wildman–Crippen LogP) is 3.00. The van der Waals surface area contributed by atoms with Crippen LogP contribution < -0.4 is 5.32 Å². The van der Waals surface area contributed by atoms with Gasteiger partial charge in [-0.2, -0.15) is 0 Å². The molecule has 1 N–H and O–H groups in total. The molecule has 5 heteroatoms. The van der Waals surface area contributed by atoms with Gasteiger partial charge in [0.2, 0.25) is 0 Å². The number of nitrogens with one attached hydrogen (secondary N) is 1. The Morgan fingerprint density at radius 3 is 2.71 bits per heavy atom. The van der Waals surface area contributed by atoms with Gasteiger partial charge in [0.1, 0.15) is 5.82 Å². The molecule has 1 aromatic rings. The highest BCUT2D eigenvalue weighted by Gasteiger charge is 2.09. The number of thioether (sulfide) groups is 1. The number of nitrogens with zero attached hydrogens (tertiary/aromatic N) is 1. The second-order valence-electron chi connectivity index (χ2n) is 4.76. The molecule has 0 saturated heterocycles. The van der Waals surface area contributed by atoms with E-state index in [1.807, 2.05) is 6.07 Å². The lowest BCUT2D eigenvalue weighted by atomic mass is 10.2. The third-order valence-corrected chi connectivity index (χ3v) is 4.50. The van der Waals surface area contributed by atoms with Gasteiger partial charge in [-0.25, -0.2) is 4.39 Å². The number of ether oxygens (including phenoxy) is 1. The fraction of sp³-hybridized carbons (Fsp3) is 0.625. The van der Waals surface area contributed by atoms with Crippen LogP contribution in [-0.4, -0.2) is 50.5 Å². The minimum Gasteiger partial charge on any atom is -0.383 e. The van der Waals surface area contributed by atoms with E-state index in [2.05, 4.69) is 24.1 Å². The Labute approximate surface area is 132 Å². The molecule has 0 aliphatic rings. The third kappa shape index (κ3) is 6.78. The average Bonchev–Trinajstić information content (AvgIpc) is 2.50. The molecule has 0 unspecified atom stereocenters. The van der Waals surface area contributed by atoms with Gasteiger partial charge in [-0.15, -0.1) is 11.8 Å². The topological polar surface area (TPSA) is 24.5 Å². The lowest BCUT2D eigenvalue weighted by Crippen LogP contribution is -2.25. The molecule has 0 bridgehead atoms. The van der Waals surface area contributed by atoms with Crippen LogP contribution in [0.1, 0.15) is 19.4 Å². The second-order valence-corrected chi connectivity index (χ2v) is 5.90. The average molecular weight is 314 g/mol. The molecule has 0 heterocycles. The molecule has 0 amide bonds. The normalized spacial score (nSPS) is 11.3. The number of methoxy groups -OCH3 is 1. The Balaban J connectivity index is 2.54. The van der Waals surface area contributed by atoms with E-state index < -0.39 is 0 Å². The number of hydrogen-bond acceptors (Lipinski definition) is 4. The lowest BCUT2D eigenvalue weighted by molar-refractivity contribution is 0.199. The first-order chi connectivity index (χ1) is 10.2. The Morgan fingerprint density at radius 1 is 1.29 bits per heavy atom. The largest absolute Gasteiger partial charge is 0.383 e. The summed E-state index contributed by atoms with van der Waals surface area (Å²) in [5.74, 6) is 0.851. The van der Waals surface area contributed by atoms with Crippen LogP contribution in [0.5, 0.6) is 0 Å². The maximum absolute atomic E-state index is 14.0. The van der Waals surface area contributed by atoms with Crippen molar-refractivity contribution < 1.29 is 9.13 Å². The molecular formula is C16H27FN2OS. The molecule has 0 aromatic heterocycles. The summed E-state index contributed by atoms with van der Waals surface area (Å²) < 4.78 is 19.0. The van der Waals surface area contributed by atoms with Crippen molar-refractivity contribution in [3.63, 3.8) is 0 Å². The van der Waals surface area contributed by atoms with Crippen molar-refractivity contribution >= 4 is 11.8 Å². The minimum atomic E-state index is -0.132. The fourth-order valence-electron chi connectivity index (χ4n) is 2.06. The minimum absolute atomic E-state index is 0.132. The van der Waals surface area contributed by atoms with E-state index in [9.17, 15) is 4.39 Å². The molecule has 0 aliphatic carbocycles. The number of rotatable bonds is 11. The summed E-state index contributed by atoms with van der Waals surface area (Å²) >= 11 is 1.73. The Morgan fingerprint density at radius 2 is 2.05 bits per heavy atom. The van der Waals surface area contributed by atoms with Gasteiger partial charge < -0.3 is 15.0 Å². The Bertz CT molecular complexity index is 400. The molecule has 1 aromatic carbocycles. The van der Waals surface area contributed by atoms with Gasteiger partial charge >= 0.3 is 0 Å². The zero-order chi connectivity index (χ0) is 15.5. The highest BCUT2D eigenvalue weighted by molar-refractivity contribution is 7.99. The first-order valence-corrected chi connectivity index (χ1v) is 8.53. The van der Waals surface area contributed by atoms with Gasteiger partial charge in [0.15, 0.2) is 0 Å². The van der Waals surface area contributed by atoms with E-state index in [0.717, 1.165) is 42.4 Å². The van der Waals surface area contributed by atoms with E-state index >= 15 is 0 Å². The van der Waals surface area contributed by atoms with Crippen LogP contribution >= 0.6 is 11.8 Å². The van der Waals surface area contributed by atoms with Crippen molar-refractivity contribution in [2.75, 3.05) is 45.6 Å². The van der Waals surface area contributed by atoms with Crippen molar-refractivity contribution in [3.05, 3.63) is 29.6 Å². The van der Waals surface area contributed by atoms with Gasteiger partial charge in [0.05, 0.1) is 6.61 Å². The molecule has 21 heavy (non-hydrogen) atoms. The second kappa shape index (κ2) is 11.0. The highest BCUT2D eigenvalue weighted by atomic mass is 32.2. The summed E-state index contributed by atoms with van der Waals surface area (Å²) in [5.41, 5.74) is 0.762. The molecule has 0 fully saturated rings. The maximum atomic E-state index is 14.0. The third-order valence-electron chi connectivity index (χ3n) is 3.42. The molecule has 0 atom stereocenters. The monoisotopic (exact) mass is 314 g/mol. The quantitative estimate of drug-likeness (QED) is 0.501. The number of halogens is 1. The van der Waals surface area contributed by atoms with Gasteiger partial charge in [-0.3, -0.25) is 0 Å². The molecule has 0 aliphatic heterocycles. The molecule has 3 nitrogen and oxygen atoms in total. The lowest BCUT2D eigenvalue weighted by Gasteiger charge is -2.18. The van der Waals surface area contributed by atoms with Crippen LogP contribution in [0, 0.1) is 5.82 Å². The molecule has 1 rings (SSSR count). The van der Waals surface area contributed by atoms with Crippen LogP contribution in [0.4, 0.5) is 4.39 Å². The van der Waals surface area contributed by atoms with Crippen molar-refractivity contribution in [2.45, 2.75) is 25.3 Å². The van der Waals surface area contributed by atoms with Crippen LogP contribution in [0.3, 0.4) is 0 Å².